The Kier molecular flexibility index (Phi) is 5.37. The van der Waals surface area contributed by atoms with E-state index in [4.69, 9.17) is 14.2 Å². The number of nitrogens with one attached hydrogen (secondary N) is 1. The molecule has 0 saturated heterocycles. The quantitative estimate of drug-likeness (QED) is 0.656. The van der Waals surface area contributed by atoms with E-state index < -0.39 is 0 Å². The van der Waals surface area contributed by atoms with E-state index in [0.717, 1.165) is 0 Å². The summed E-state index contributed by atoms with van der Waals surface area (Å²) in [5.74, 6) is 1.40. The van der Waals surface area contributed by atoms with Crippen molar-refractivity contribution in [1.29, 1.82) is 0 Å². The van der Waals surface area contributed by atoms with E-state index >= 15 is 0 Å². The predicted molar refractivity (Wildman–Crippen MR) is 85.5 cm³/mol. The second kappa shape index (κ2) is 7.46. The number of amides is 1. The van der Waals surface area contributed by atoms with Crippen LogP contribution < -0.4 is 19.6 Å². The Morgan fingerprint density at radius 2 is 1.86 bits per heavy atom. The van der Waals surface area contributed by atoms with Crippen molar-refractivity contribution in [2.45, 2.75) is 0 Å². The van der Waals surface area contributed by atoms with Gasteiger partial charge in [-0.05, 0) is 11.4 Å². The van der Waals surface area contributed by atoms with Gasteiger partial charge < -0.3 is 14.2 Å². The molecule has 1 aromatic heterocycles. The average molecular weight is 320 g/mol. The third kappa shape index (κ3) is 3.56. The Labute approximate surface area is 132 Å². The number of carbonyl (C=O) groups is 1. The molecule has 7 heteroatoms. The average Bonchev–Trinajstić information content (AvgIpc) is 3.09. The first-order valence-electron chi connectivity index (χ1n) is 6.36. The lowest BCUT2D eigenvalue weighted by Gasteiger charge is -2.12. The molecule has 0 unspecified atom stereocenters. The topological polar surface area (TPSA) is 69.2 Å². The van der Waals surface area contributed by atoms with E-state index in [2.05, 4.69) is 10.5 Å². The monoisotopic (exact) mass is 320 g/mol. The van der Waals surface area contributed by atoms with E-state index in [1.807, 2.05) is 5.38 Å². The molecular formula is C15H16N2O4S. The van der Waals surface area contributed by atoms with Crippen LogP contribution in [0.2, 0.25) is 0 Å². The van der Waals surface area contributed by atoms with Crippen molar-refractivity contribution in [3.05, 3.63) is 40.1 Å². The second-order valence-electron chi connectivity index (χ2n) is 4.12. The summed E-state index contributed by atoms with van der Waals surface area (Å²) in [5, 5.41) is 5.78. The number of rotatable bonds is 6. The molecule has 0 spiro atoms. The van der Waals surface area contributed by atoms with Crippen LogP contribution in [-0.4, -0.2) is 33.5 Å². The normalized spacial score (nSPS) is 10.5. The largest absolute Gasteiger partial charge is 0.496 e. The van der Waals surface area contributed by atoms with Crippen LogP contribution in [-0.2, 0) is 0 Å². The molecule has 0 aliphatic rings. The van der Waals surface area contributed by atoms with Crippen LogP contribution in [0.15, 0.2) is 34.7 Å². The molecule has 0 saturated carbocycles. The molecule has 0 atom stereocenters. The van der Waals surface area contributed by atoms with Crippen molar-refractivity contribution < 1.29 is 19.0 Å². The third-order valence-corrected chi connectivity index (χ3v) is 3.73. The number of methoxy groups -OCH3 is 3. The fraction of sp³-hybridized carbons (Fsp3) is 0.200. The molecule has 0 bridgehead atoms. The van der Waals surface area contributed by atoms with Gasteiger partial charge in [0.2, 0.25) is 0 Å². The first-order chi connectivity index (χ1) is 10.7. The van der Waals surface area contributed by atoms with Crippen LogP contribution in [0.1, 0.15) is 15.2 Å². The fourth-order valence-corrected chi connectivity index (χ4v) is 2.39. The lowest BCUT2D eigenvalue weighted by Crippen LogP contribution is -2.16. The van der Waals surface area contributed by atoms with Gasteiger partial charge in [-0.15, -0.1) is 11.3 Å². The van der Waals surface area contributed by atoms with Crippen molar-refractivity contribution >= 4 is 23.5 Å². The summed E-state index contributed by atoms with van der Waals surface area (Å²) >= 11 is 1.35. The van der Waals surface area contributed by atoms with Gasteiger partial charge in [-0.25, -0.2) is 5.43 Å². The minimum absolute atomic E-state index is 0.266. The van der Waals surface area contributed by atoms with Crippen molar-refractivity contribution in [1.82, 2.24) is 5.43 Å². The van der Waals surface area contributed by atoms with Gasteiger partial charge in [-0.2, -0.15) is 5.10 Å². The van der Waals surface area contributed by atoms with Gasteiger partial charge >= 0.3 is 0 Å². The molecule has 1 N–H and O–H groups in total. The number of benzene rings is 1. The van der Waals surface area contributed by atoms with Crippen LogP contribution >= 0.6 is 11.3 Å². The summed E-state index contributed by atoms with van der Waals surface area (Å²) < 4.78 is 15.8. The van der Waals surface area contributed by atoms with Crippen molar-refractivity contribution in [3.63, 3.8) is 0 Å². The fourth-order valence-electron chi connectivity index (χ4n) is 1.78. The van der Waals surface area contributed by atoms with Gasteiger partial charge in [0.05, 0.1) is 38.0 Å². The Morgan fingerprint density at radius 3 is 2.36 bits per heavy atom. The molecule has 0 radical (unpaired) electrons. The second-order valence-corrected chi connectivity index (χ2v) is 5.07. The Balaban J connectivity index is 2.20. The maximum absolute atomic E-state index is 11.8. The van der Waals surface area contributed by atoms with Gasteiger partial charge in [0.15, 0.2) is 0 Å². The van der Waals surface area contributed by atoms with E-state index in [-0.39, 0.29) is 5.91 Å². The van der Waals surface area contributed by atoms with Gasteiger partial charge in [-0.1, -0.05) is 6.07 Å². The number of hydrogen-bond donors (Lipinski definition) is 1. The zero-order valence-electron chi connectivity index (χ0n) is 12.5. The molecule has 2 aromatic rings. The molecule has 0 aliphatic carbocycles. The maximum atomic E-state index is 11.8. The molecule has 1 aromatic carbocycles. The van der Waals surface area contributed by atoms with Crippen molar-refractivity contribution in [3.8, 4) is 17.2 Å². The number of carbonyl (C=O) groups excluding carboxylic acids is 1. The highest BCUT2D eigenvalue weighted by Crippen LogP contribution is 2.32. The number of hydrogen-bond acceptors (Lipinski definition) is 6. The highest BCUT2D eigenvalue weighted by molar-refractivity contribution is 7.12. The molecule has 0 fully saturated rings. The van der Waals surface area contributed by atoms with Crippen LogP contribution in [0.25, 0.3) is 0 Å². The molecule has 1 heterocycles. The summed E-state index contributed by atoms with van der Waals surface area (Å²) in [5.41, 5.74) is 3.07. The highest BCUT2D eigenvalue weighted by atomic mass is 32.1. The predicted octanol–water partition coefficient (Wildman–Crippen LogP) is 2.54. The van der Waals surface area contributed by atoms with Gasteiger partial charge in [0, 0.05) is 12.1 Å². The minimum Gasteiger partial charge on any atom is -0.496 e. The van der Waals surface area contributed by atoms with Gasteiger partial charge in [0.25, 0.3) is 5.91 Å². The molecular weight excluding hydrogens is 304 g/mol. The van der Waals surface area contributed by atoms with Crippen LogP contribution in [0.4, 0.5) is 0 Å². The zero-order chi connectivity index (χ0) is 15.9. The third-order valence-electron chi connectivity index (χ3n) is 2.86. The van der Waals surface area contributed by atoms with Crippen LogP contribution in [0.3, 0.4) is 0 Å². The minimum atomic E-state index is -0.266. The lowest BCUT2D eigenvalue weighted by molar-refractivity contribution is 0.0959. The Morgan fingerprint density at radius 1 is 1.18 bits per heavy atom. The van der Waals surface area contributed by atoms with E-state index in [9.17, 15) is 4.79 Å². The van der Waals surface area contributed by atoms with Gasteiger partial charge in [-0.3, -0.25) is 4.79 Å². The molecule has 116 valence electrons. The Bertz CT molecular complexity index is 643. The summed E-state index contributed by atoms with van der Waals surface area (Å²) in [6.07, 6.45) is 1.47. The Hall–Kier alpha value is -2.54. The number of nitrogens with zero attached hydrogens (tertiary/aromatic N) is 1. The molecule has 6 nitrogen and oxygen atoms in total. The van der Waals surface area contributed by atoms with E-state index in [0.29, 0.717) is 27.7 Å². The van der Waals surface area contributed by atoms with Crippen molar-refractivity contribution in [2.24, 2.45) is 5.10 Å². The van der Waals surface area contributed by atoms with Crippen molar-refractivity contribution in [2.75, 3.05) is 21.3 Å². The summed E-state index contributed by atoms with van der Waals surface area (Å²) in [7, 11) is 4.63. The first kappa shape index (κ1) is 15.8. The number of hydrazone groups is 1. The molecule has 22 heavy (non-hydrogen) atoms. The summed E-state index contributed by atoms with van der Waals surface area (Å²) in [6.45, 7) is 0. The maximum Gasteiger partial charge on any atom is 0.281 e. The lowest BCUT2D eigenvalue weighted by atomic mass is 10.2. The smallest absolute Gasteiger partial charge is 0.281 e. The van der Waals surface area contributed by atoms with Crippen LogP contribution in [0.5, 0.6) is 17.2 Å². The van der Waals surface area contributed by atoms with E-state index in [1.165, 1.54) is 31.8 Å². The number of thiophene rings is 1. The molecule has 2 rings (SSSR count). The number of ether oxygens (including phenoxy) is 3. The summed E-state index contributed by atoms with van der Waals surface area (Å²) in [6, 6.07) is 6.96. The molecule has 1 amide bonds. The van der Waals surface area contributed by atoms with Crippen LogP contribution in [0, 0.1) is 0 Å². The standard InChI is InChI=1S/C15H16N2O4S/c1-19-10-7-12(20-2)11(13(8-10)21-3)9-16-17-15(18)14-5-4-6-22-14/h4-9H,1-3H3,(H,17,18). The molecule has 0 aliphatic heterocycles. The van der Waals surface area contributed by atoms with E-state index in [1.54, 1.807) is 31.4 Å². The zero-order valence-corrected chi connectivity index (χ0v) is 13.3. The SMILES string of the molecule is COc1cc(OC)c(C=NNC(=O)c2cccs2)c(OC)c1. The van der Waals surface area contributed by atoms with Gasteiger partial charge in [0.1, 0.15) is 17.2 Å². The summed E-state index contributed by atoms with van der Waals surface area (Å²) in [4.78, 5) is 12.4. The first-order valence-corrected chi connectivity index (χ1v) is 7.24. The highest BCUT2D eigenvalue weighted by Gasteiger charge is 2.12.